The van der Waals surface area contributed by atoms with Gasteiger partial charge in [-0.1, -0.05) is 12.1 Å². The molecule has 0 fully saturated rings. The molecule has 1 aromatic heterocycles. The molecule has 0 aliphatic heterocycles. The molecule has 0 unspecified atom stereocenters. The van der Waals surface area contributed by atoms with Crippen LogP contribution in [0.25, 0.3) is 0 Å². The molecule has 2 aromatic rings. The zero-order valence-electron chi connectivity index (χ0n) is 11.5. The fraction of sp³-hybridized carbons (Fsp3) is 0.267. The van der Waals surface area contributed by atoms with Gasteiger partial charge >= 0.3 is 0 Å². The van der Waals surface area contributed by atoms with Gasteiger partial charge in [0.25, 0.3) is 9.04 Å². The average Bonchev–Trinajstić information content (AvgIpc) is 2.85. The van der Waals surface area contributed by atoms with Crippen LogP contribution in [-0.4, -0.2) is 15.3 Å². The van der Waals surface area contributed by atoms with Crippen LogP contribution in [0.3, 0.4) is 0 Å². The molecule has 0 aliphatic rings. The number of nitrogens with zero attached hydrogens (tertiary/aromatic N) is 1. The zero-order valence-corrected chi connectivity index (χ0v) is 12.5. The maximum atomic E-state index is 5.88. The first kappa shape index (κ1) is 13.6. The lowest BCUT2D eigenvalue weighted by molar-refractivity contribution is 0.527. The second-order valence-corrected chi connectivity index (χ2v) is 6.55. The van der Waals surface area contributed by atoms with Crippen molar-refractivity contribution in [3.8, 4) is 5.75 Å². The van der Waals surface area contributed by atoms with Gasteiger partial charge in [0.15, 0.2) is 0 Å². The molecule has 0 spiro atoms. The van der Waals surface area contributed by atoms with Gasteiger partial charge in [0.05, 0.1) is 6.26 Å². The molecule has 4 heteroatoms. The molecule has 19 heavy (non-hydrogen) atoms. The van der Waals surface area contributed by atoms with Crippen molar-refractivity contribution in [3.63, 3.8) is 0 Å². The van der Waals surface area contributed by atoms with Crippen LogP contribution in [0.2, 0.25) is 13.1 Å². The number of rotatable bonds is 5. The summed E-state index contributed by atoms with van der Waals surface area (Å²) in [7, 11) is -0.785. The molecule has 0 N–H and O–H groups in total. The van der Waals surface area contributed by atoms with Crippen LogP contribution in [0.15, 0.2) is 46.0 Å². The van der Waals surface area contributed by atoms with Crippen LogP contribution in [0.1, 0.15) is 11.3 Å². The third kappa shape index (κ3) is 3.82. The Balaban J connectivity index is 2.16. The fourth-order valence-corrected chi connectivity index (χ4v) is 2.36. The van der Waals surface area contributed by atoms with Crippen molar-refractivity contribution in [2.24, 2.45) is 4.99 Å². The van der Waals surface area contributed by atoms with E-state index in [9.17, 15) is 0 Å². The highest BCUT2D eigenvalue weighted by molar-refractivity contribution is 6.49. The summed E-state index contributed by atoms with van der Waals surface area (Å²) in [5.74, 6) is 1.78. The molecule has 0 bridgehead atoms. The molecular weight excluding hydrogens is 254 g/mol. The van der Waals surface area contributed by atoms with Gasteiger partial charge in [0.2, 0.25) is 0 Å². The van der Waals surface area contributed by atoms with Crippen LogP contribution in [-0.2, 0) is 6.42 Å². The third-order valence-electron chi connectivity index (χ3n) is 2.61. The van der Waals surface area contributed by atoms with Gasteiger partial charge in [0, 0.05) is 12.6 Å². The zero-order chi connectivity index (χ0) is 13.7. The summed E-state index contributed by atoms with van der Waals surface area (Å²) in [6.07, 6.45) is 4.23. The van der Waals surface area contributed by atoms with Crippen molar-refractivity contribution in [3.05, 3.63) is 47.9 Å². The van der Waals surface area contributed by atoms with E-state index in [1.807, 2.05) is 43.5 Å². The molecule has 1 heterocycles. The summed E-state index contributed by atoms with van der Waals surface area (Å²) in [5, 5.41) is 0. The molecule has 0 saturated carbocycles. The van der Waals surface area contributed by atoms with E-state index in [1.165, 1.54) is 0 Å². The van der Waals surface area contributed by atoms with Crippen molar-refractivity contribution in [1.82, 2.24) is 0 Å². The first-order chi connectivity index (χ1) is 9.16. The van der Waals surface area contributed by atoms with E-state index in [2.05, 4.69) is 18.1 Å². The van der Waals surface area contributed by atoms with Gasteiger partial charge in [-0.25, -0.2) is 0 Å². The molecule has 99 valence electrons. The number of aryl methyl sites for hydroxylation is 1. The topological polar surface area (TPSA) is 34.7 Å². The summed E-state index contributed by atoms with van der Waals surface area (Å²) >= 11 is 0. The molecule has 0 aliphatic carbocycles. The molecule has 1 aromatic carbocycles. The Hall–Kier alpha value is -1.81. The van der Waals surface area contributed by atoms with Crippen molar-refractivity contribution < 1.29 is 8.84 Å². The first-order valence-electron chi connectivity index (χ1n) is 6.29. The quantitative estimate of drug-likeness (QED) is 0.605. The lowest BCUT2D eigenvalue weighted by atomic mass is 10.2. The lowest BCUT2D eigenvalue weighted by Crippen LogP contribution is -2.11. The highest BCUT2D eigenvalue weighted by Gasteiger charge is 2.07. The van der Waals surface area contributed by atoms with Crippen molar-refractivity contribution in [2.75, 3.05) is 0 Å². The Morgan fingerprint density at radius 2 is 2.11 bits per heavy atom. The van der Waals surface area contributed by atoms with E-state index in [4.69, 9.17) is 8.84 Å². The Labute approximate surface area is 115 Å². The SMILES string of the molecule is Cc1cccc(O[Si](C)C)c1N=CCc1ccco1. The number of hydrogen-bond acceptors (Lipinski definition) is 3. The molecule has 1 radical (unpaired) electrons. The van der Waals surface area contributed by atoms with Crippen LogP contribution in [0.5, 0.6) is 5.75 Å². The Bertz CT molecular complexity index is 547. The van der Waals surface area contributed by atoms with E-state index >= 15 is 0 Å². The van der Waals surface area contributed by atoms with E-state index in [-0.39, 0.29) is 0 Å². The Morgan fingerprint density at radius 1 is 1.26 bits per heavy atom. The predicted molar refractivity (Wildman–Crippen MR) is 79.9 cm³/mol. The summed E-state index contributed by atoms with van der Waals surface area (Å²) < 4.78 is 11.2. The minimum absolute atomic E-state index is 0.691. The van der Waals surface area contributed by atoms with Crippen LogP contribution < -0.4 is 4.43 Å². The number of benzene rings is 1. The smallest absolute Gasteiger partial charge is 0.274 e. The molecule has 3 nitrogen and oxygen atoms in total. The maximum absolute atomic E-state index is 5.88. The second kappa shape index (κ2) is 6.38. The Kier molecular flexibility index (Phi) is 4.57. The van der Waals surface area contributed by atoms with Gasteiger partial charge in [-0.3, -0.25) is 4.99 Å². The van der Waals surface area contributed by atoms with E-state index < -0.39 is 9.04 Å². The summed E-state index contributed by atoms with van der Waals surface area (Å²) in [6, 6.07) is 9.85. The number of aliphatic imine (C=N–C) groups is 1. The number of para-hydroxylation sites is 1. The van der Waals surface area contributed by atoms with Crippen molar-refractivity contribution in [1.29, 1.82) is 0 Å². The Morgan fingerprint density at radius 3 is 2.79 bits per heavy atom. The van der Waals surface area contributed by atoms with E-state index in [0.717, 1.165) is 22.8 Å². The normalized spacial score (nSPS) is 11.4. The van der Waals surface area contributed by atoms with Crippen LogP contribution in [0, 0.1) is 6.92 Å². The van der Waals surface area contributed by atoms with Gasteiger partial charge in [-0.05, 0) is 43.8 Å². The van der Waals surface area contributed by atoms with Crippen molar-refractivity contribution in [2.45, 2.75) is 26.4 Å². The monoisotopic (exact) mass is 272 g/mol. The largest absolute Gasteiger partial charge is 0.541 e. The molecule has 0 amide bonds. The van der Waals surface area contributed by atoms with Gasteiger partial charge in [-0.15, -0.1) is 0 Å². The highest BCUT2D eigenvalue weighted by atomic mass is 28.3. The molecule has 2 rings (SSSR count). The second-order valence-electron chi connectivity index (χ2n) is 4.53. The molecular formula is C15H18NO2Si. The number of hydrogen-bond donors (Lipinski definition) is 0. The fourth-order valence-electron chi connectivity index (χ4n) is 1.76. The lowest BCUT2D eigenvalue weighted by Gasteiger charge is -2.12. The number of furan rings is 1. The van der Waals surface area contributed by atoms with Gasteiger partial charge in [-0.2, -0.15) is 0 Å². The van der Waals surface area contributed by atoms with E-state index in [0.29, 0.717) is 6.42 Å². The standard InChI is InChI=1S/C15H18NO2Si/c1-12-6-4-8-14(18-19(2)3)15(12)16-10-9-13-7-5-11-17-13/h4-8,10-11H,9H2,1-3H3. The summed E-state index contributed by atoms with van der Waals surface area (Å²) in [6.45, 7) is 6.27. The maximum Gasteiger partial charge on any atom is 0.274 e. The predicted octanol–water partition coefficient (Wildman–Crippen LogP) is 4.16. The first-order valence-corrected chi connectivity index (χ1v) is 8.70. The van der Waals surface area contributed by atoms with Gasteiger partial charge in [0.1, 0.15) is 17.2 Å². The molecule has 0 atom stereocenters. The highest BCUT2D eigenvalue weighted by Crippen LogP contribution is 2.31. The summed E-state index contributed by atoms with van der Waals surface area (Å²) in [4.78, 5) is 4.54. The average molecular weight is 272 g/mol. The third-order valence-corrected chi connectivity index (χ3v) is 3.24. The minimum atomic E-state index is -0.785. The van der Waals surface area contributed by atoms with Crippen molar-refractivity contribution >= 4 is 20.9 Å². The van der Waals surface area contributed by atoms with Gasteiger partial charge < -0.3 is 8.84 Å². The van der Waals surface area contributed by atoms with E-state index in [1.54, 1.807) is 6.26 Å². The van der Waals surface area contributed by atoms with Crippen LogP contribution >= 0.6 is 0 Å². The van der Waals surface area contributed by atoms with Crippen LogP contribution in [0.4, 0.5) is 5.69 Å². The minimum Gasteiger partial charge on any atom is -0.541 e. The summed E-state index contributed by atoms with van der Waals surface area (Å²) in [5.41, 5.74) is 2.04. The molecule has 0 saturated heterocycles.